The van der Waals surface area contributed by atoms with E-state index < -0.39 is 17.4 Å². The predicted octanol–water partition coefficient (Wildman–Crippen LogP) is 2.73. The molecular weight excluding hydrogens is 332 g/mol. The molecule has 0 aromatic heterocycles. The van der Waals surface area contributed by atoms with Gasteiger partial charge in [-0.05, 0) is 25.7 Å². The molecule has 6 nitrogen and oxygen atoms in total. The highest BCUT2D eigenvalue weighted by Crippen LogP contribution is 2.32. The molecule has 1 heterocycles. The van der Waals surface area contributed by atoms with Crippen LogP contribution < -0.4 is 11.1 Å². The Balaban J connectivity index is 2.90. The van der Waals surface area contributed by atoms with Crippen molar-refractivity contribution in [3.05, 3.63) is 0 Å². The molecule has 0 bridgehead atoms. The van der Waals surface area contributed by atoms with Gasteiger partial charge in [0.1, 0.15) is 0 Å². The molecular formula is C20H36N2O4. The Hall–Kier alpha value is -1.43. The maximum Gasteiger partial charge on any atom is 0.307 e. The van der Waals surface area contributed by atoms with Crippen LogP contribution in [0.1, 0.15) is 78.1 Å². The standard InChI is InChI=1S/C20H36N2O4/c1-4-6-7-8-9-11-15(5-2)18(24)20(21,14-17(23)26-3)16-12-10-13-22-19(16)25/h15-16H,4-14,21H2,1-3H3,(H,22,25)/t15?,16-,20?/m1/s1. The Labute approximate surface area is 157 Å². The molecule has 3 atom stereocenters. The van der Waals surface area contributed by atoms with Crippen molar-refractivity contribution in [2.75, 3.05) is 13.7 Å². The molecule has 0 spiro atoms. The average Bonchev–Trinajstić information content (AvgIpc) is 2.64. The number of nitrogens with one attached hydrogen (secondary N) is 1. The maximum absolute atomic E-state index is 13.3. The summed E-state index contributed by atoms with van der Waals surface area (Å²) in [7, 11) is 1.28. The van der Waals surface area contributed by atoms with Gasteiger partial charge in [0.25, 0.3) is 0 Å². The highest BCUT2D eigenvalue weighted by atomic mass is 16.5. The lowest BCUT2D eigenvalue weighted by molar-refractivity contribution is -0.149. The molecule has 26 heavy (non-hydrogen) atoms. The van der Waals surface area contributed by atoms with Gasteiger partial charge in [-0.3, -0.25) is 14.4 Å². The summed E-state index contributed by atoms with van der Waals surface area (Å²) in [6.07, 6.45) is 8.08. The van der Waals surface area contributed by atoms with E-state index in [0.717, 1.165) is 25.7 Å². The second kappa shape index (κ2) is 11.3. The number of Topliss-reactive ketones (excluding diaryl/α,β-unsaturated/α-hetero) is 1. The van der Waals surface area contributed by atoms with Crippen LogP contribution in [-0.2, 0) is 19.1 Å². The van der Waals surface area contributed by atoms with Crippen LogP contribution in [0.15, 0.2) is 0 Å². The zero-order valence-corrected chi connectivity index (χ0v) is 16.6. The molecule has 1 fully saturated rings. The van der Waals surface area contributed by atoms with Gasteiger partial charge in [-0.1, -0.05) is 46.0 Å². The number of methoxy groups -OCH3 is 1. The van der Waals surface area contributed by atoms with Gasteiger partial charge in [0.2, 0.25) is 5.91 Å². The summed E-state index contributed by atoms with van der Waals surface area (Å²) in [6, 6.07) is 0. The number of ketones is 1. The Kier molecular flexibility index (Phi) is 9.84. The molecule has 150 valence electrons. The molecule has 6 heteroatoms. The van der Waals surface area contributed by atoms with E-state index in [4.69, 9.17) is 10.5 Å². The predicted molar refractivity (Wildman–Crippen MR) is 101 cm³/mol. The van der Waals surface area contributed by atoms with E-state index in [1.165, 1.54) is 26.4 Å². The number of unbranched alkanes of at least 4 members (excludes halogenated alkanes) is 4. The number of carbonyl (C=O) groups is 3. The van der Waals surface area contributed by atoms with E-state index in [1.54, 1.807) is 0 Å². The van der Waals surface area contributed by atoms with Crippen molar-refractivity contribution in [3.8, 4) is 0 Å². The Bertz CT molecular complexity index is 480. The van der Waals surface area contributed by atoms with E-state index in [9.17, 15) is 14.4 Å². The third-order valence-corrected chi connectivity index (χ3v) is 5.55. The largest absolute Gasteiger partial charge is 0.469 e. The fraction of sp³-hybridized carbons (Fsp3) is 0.850. The Morgan fingerprint density at radius 2 is 1.96 bits per heavy atom. The third kappa shape index (κ3) is 6.08. The van der Waals surface area contributed by atoms with E-state index in [-0.39, 0.29) is 24.0 Å². The number of hydrogen-bond acceptors (Lipinski definition) is 5. The minimum absolute atomic E-state index is 0.164. The number of nitrogens with two attached hydrogens (primary N) is 1. The van der Waals surface area contributed by atoms with Crippen LogP contribution in [0.2, 0.25) is 0 Å². The van der Waals surface area contributed by atoms with Gasteiger partial charge in [0.05, 0.1) is 25.0 Å². The number of carbonyl (C=O) groups excluding carboxylic acids is 3. The van der Waals surface area contributed by atoms with Crippen LogP contribution in [0.5, 0.6) is 0 Å². The molecule has 0 aliphatic carbocycles. The maximum atomic E-state index is 13.3. The first kappa shape index (κ1) is 22.6. The van der Waals surface area contributed by atoms with Crippen molar-refractivity contribution < 1.29 is 19.1 Å². The molecule has 1 aliphatic heterocycles. The normalized spacial score (nSPS) is 20.8. The van der Waals surface area contributed by atoms with Crippen molar-refractivity contribution in [3.63, 3.8) is 0 Å². The number of esters is 1. The fourth-order valence-corrected chi connectivity index (χ4v) is 3.85. The Morgan fingerprint density at radius 3 is 2.54 bits per heavy atom. The first-order chi connectivity index (χ1) is 12.4. The van der Waals surface area contributed by atoms with Crippen molar-refractivity contribution in [1.29, 1.82) is 0 Å². The number of rotatable bonds is 12. The second-order valence-corrected chi connectivity index (χ2v) is 7.45. The van der Waals surface area contributed by atoms with E-state index in [1.807, 2.05) is 6.92 Å². The van der Waals surface area contributed by atoms with Gasteiger partial charge in [-0.25, -0.2) is 0 Å². The highest BCUT2D eigenvalue weighted by molar-refractivity contribution is 5.99. The zero-order valence-electron chi connectivity index (χ0n) is 16.6. The first-order valence-corrected chi connectivity index (χ1v) is 10.1. The van der Waals surface area contributed by atoms with Crippen LogP contribution in [-0.4, -0.2) is 36.9 Å². The second-order valence-electron chi connectivity index (χ2n) is 7.45. The highest BCUT2D eigenvalue weighted by Gasteiger charge is 2.49. The van der Waals surface area contributed by atoms with E-state index in [2.05, 4.69) is 12.2 Å². The van der Waals surface area contributed by atoms with Crippen molar-refractivity contribution in [1.82, 2.24) is 5.32 Å². The van der Waals surface area contributed by atoms with Crippen molar-refractivity contribution >= 4 is 17.7 Å². The topological polar surface area (TPSA) is 98.5 Å². The van der Waals surface area contributed by atoms with Gasteiger partial charge in [-0.15, -0.1) is 0 Å². The van der Waals surface area contributed by atoms with Crippen molar-refractivity contribution in [2.24, 2.45) is 17.6 Å². The monoisotopic (exact) mass is 368 g/mol. The van der Waals surface area contributed by atoms with Crippen LogP contribution in [0, 0.1) is 11.8 Å². The third-order valence-electron chi connectivity index (χ3n) is 5.55. The molecule has 2 unspecified atom stereocenters. The minimum Gasteiger partial charge on any atom is -0.469 e. The lowest BCUT2D eigenvalue weighted by Gasteiger charge is -2.38. The number of ether oxygens (including phenoxy) is 1. The molecule has 0 aromatic rings. The van der Waals surface area contributed by atoms with Gasteiger partial charge in [-0.2, -0.15) is 0 Å². The van der Waals surface area contributed by atoms with Crippen LogP contribution in [0.4, 0.5) is 0 Å². The molecule has 0 saturated carbocycles. The average molecular weight is 369 g/mol. The van der Waals surface area contributed by atoms with Crippen molar-refractivity contribution in [2.45, 2.75) is 83.6 Å². The molecule has 0 aromatic carbocycles. The first-order valence-electron chi connectivity index (χ1n) is 10.1. The summed E-state index contributed by atoms with van der Waals surface area (Å²) < 4.78 is 4.76. The van der Waals surface area contributed by atoms with E-state index >= 15 is 0 Å². The minimum atomic E-state index is -1.48. The number of amides is 1. The van der Waals surface area contributed by atoms with Gasteiger partial charge < -0.3 is 15.8 Å². The summed E-state index contributed by atoms with van der Waals surface area (Å²) in [5, 5.41) is 2.78. The molecule has 0 radical (unpaired) electrons. The Morgan fingerprint density at radius 1 is 1.27 bits per heavy atom. The van der Waals surface area contributed by atoms with Gasteiger partial charge in [0.15, 0.2) is 5.78 Å². The molecule has 1 rings (SSSR count). The summed E-state index contributed by atoms with van der Waals surface area (Å²) in [5.74, 6) is -1.83. The zero-order chi connectivity index (χ0) is 19.6. The SMILES string of the molecule is CCCCCCCC(CC)C(=O)C(N)(CC(=O)OC)[C@@H]1CCCNC1=O. The fourth-order valence-electron chi connectivity index (χ4n) is 3.85. The summed E-state index contributed by atoms with van der Waals surface area (Å²) in [6.45, 7) is 4.73. The number of piperidine rings is 1. The lowest BCUT2D eigenvalue weighted by Crippen LogP contribution is -2.62. The smallest absolute Gasteiger partial charge is 0.307 e. The summed E-state index contributed by atoms with van der Waals surface area (Å²) >= 11 is 0. The van der Waals surface area contributed by atoms with Crippen LogP contribution in [0.3, 0.4) is 0 Å². The van der Waals surface area contributed by atoms with Crippen LogP contribution in [0.25, 0.3) is 0 Å². The van der Waals surface area contributed by atoms with Gasteiger partial charge >= 0.3 is 5.97 Å². The molecule has 1 saturated heterocycles. The summed E-state index contributed by atoms with van der Waals surface area (Å²) in [5.41, 5.74) is 5.02. The molecule has 1 amide bonds. The van der Waals surface area contributed by atoms with E-state index in [0.29, 0.717) is 19.4 Å². The number of hydrogen-bond donors (Lipinski definition) is 2. The van der Waals surface area contributed by atoms with Crippen LogP contribution >= 0.6 is 0 Å². The lowest BCUT2D eigenvalue weighted by atomic mass is 9.70. The molecule has 1 aliphatic rings. The quantitative estimate of drug-likeness (QED) is 0.408. The van der Waals surface area contributed by atoms with Gasteiger partial charge in [0, 0.05) is 12.5 Å². The molecule has 3 N–H and O–H groups in total. The summed E-state index contributed by atoms with van der Waals surface area (Å²) in [4.78, 5) is 37.6.